The number of hydrogen-bond donors (Lipinski definition) is 0. The second-order valence-electron chi connectivity index (χ2n) is 3.08. The fourth-order valence-electron chi connectivity index (χ4n) is 1.30. The minimum Gasteiger partial charge on any atom is -0.270 e. The Morgan fingerprint density at radius 3 is 3.00 bits per heavy atom. The minimum atomic E-state index is 0.982. The summed E-state index contributed by atoms with van der Waals surface area (Å²) in [6.07, 6.45) is 2.93. The molecule has 0 aliphatic rings. The number of hydrogen-bond acceptors (Lipinski definition) is 2. The molecular formula is C10H12N2S. The molecule has 0 atom stereocenters. The van der Waals surface area contributed by atoms with Gasteiger partial charge in [0.2, 0.25) is 0 Å². The molecule has 0 unspecified atom stereocenters. The first-order valence-corrected chi connectivity index (χ1v) is 5.30. The predicted molar refractivity (Wildman–Crippen MR) is 55.0 cm³/mol. The molecule has 0 aliphatic carbocycles. The van der Waals surface area contributed by atoms with E-state index in [-0.39, 0.29) is 0 Å². The Morgan fingerprint density at radius 1 is 1.46 bits per heavy atom. The van der Waals surface area contributed by atoms with Gasteiger partial charge in [-0.15, -0.1) is 0 Å². The minimum absolute atomic E-state index is 0.982. The number of thiophene rings is 1. The third-order valence-corrected chi connectivity index (χ3v) is 2.85. The van der Waals surface area contributed by atoms with Gasteiger partial charge < -0.3 is 0 Å². The number of rotatable bonds is 3. The van der Waals surface area contributed by atoms with E-state index < -0.39 is 0 Å². The summed E-state index contributed by atoms with van der Waals surface area (Å²) >= 11 is 1.75. The van der Waals surface area contributed by atoms with E-state index in [4.69, 9.17) is 0 Å². The Balaban J connectivity index is 1.97. The van der Waals surface area contributed by atoms with Gasteiger partial charge >= 0.3 is 0 Å². The molecule has 2 aromatic heterocycles. The lowest BCUT2D eigenvalue weighted by atomic mass is 10.2. The summed E-state index contributed by atoms with van der Waals surface area (Å²) in [6, 6.07) is 4.21. The summed E-state index contributed by atoms with van der Waals surface area (Å²) < 4.78 is 2.04. The van der Waals surface area contributed by atoms with Gasteiger partial charge in [-0.3, -0.25) is 4.68 Å². The Morgan fingerprint density at radius 2 is 2.38 bits per heavy atom. The van der Waals surface area contributed by atoms with Crippen LogP contribution in [0.3, 0.4) is 0 Å². The lowest BCUT2D eigenvalue weighted by Crippen LogP contribution is -2.04. The van der Waals surface area contributed by atoms with Crippen LogP contribution < -0.4 is 0 Å². The van der Waals surface area contributed by atoms with Crippen LogP contribution in [-0.2, 0) is 13.0 Å². The van der Waals surface area contributed by atoms with E-state index in [1.54, 1.807) is 11.3 Å². The molecule has 2 aromatic rings. The van der Waals surface area contributed by atoms with Gasteiger partial charge in [0.15, 0.2) is 0 Å². The molecule has 68 valence electrons. The Labute approximate surface area is 81.8 Å². The fourth-order valence-corrected chi connectivity index (χ4v) is 2.01. The summed E-state index contributed by atoms with van der Waals surface area (Å²) in [5.74, 6) is 0. The molecule has 0 spiro atoms. The molecule has 0 aromatic carbocycles. The van der Waals surface area contributed by atoms with Crippen LogP contribution in [0.5, 0.6) is 0 Å². The highest BCUT2D eigenvalue weighted by Gasteiger charge is 1.97. The van der Waals surface area contributed by atoms with Crippen LogP contribution in [0.1, 0.15) is 11.3 Å². The average Bonchev–Trinajstić information content (AvgIpc) is 2.72. The molecule has 2 nitrogen and oxygen atoms in total. The van der Waals surface area contributed by atoms with E-state index in [0.29, 0.717) is 0 Å². The smallest absolute Gasteiger partial charge is 0.0492 e. The Bertz CT molecular complexity index is 362. The second-order valence-corrected chi connectivity index (χ2v) is 3.86. The summed E-state index contributed by atoms with van der Waals surface area (Å²) in [5, 5.41) is 8.54. The van der Waals surface area contributed by atoms with Crippen LogP contribution in [0.2, 0.25) is 0 Å². The summed E-state index contributed by atoms with van der Waals surface area (Å²) in [7, 11) is 0. The van der Waals surface area contributed by atoms with Crippen molar-refractivity contribution in [3.05, 3.63) is 40.3 Å². The van der Waals surface area contributed by atoms with Crippen LogP contribution in [0, 0.1) is 6.92 Å². The van der Waals surface area contributed by atoms with Crippen molar-refractivity contribution >= 4 is 11.3 Å². The molecular weight excluding hydrogens is 180 g/mol. The standard InChI is InChI=1S/C10H12N2S/c1-9-2-5-11-12(9)6-3-10-4-7-13-8-10/h2,4-5,7-8H,3,6H2,1H3. The average molecular weight is 192 g/mol. The van der Waals surface area contributed by atoms with Crippen molar-refractivity contribution in [1.29, 1.82) is 0 Å². The van der Waals surface area contributed by atoms with Crippen molar-refractivity contribution < 1.29 is 0 Å². The molecule has 0 amide bonds. The molecule has 0 saturated heterocycles. The van der Waals surface area contributed by atoms with Gasteiger partial charge in [-0.1, -0.05) is 0 Å². The van der Waals surface area contributed by atoms with Gasteiger partial charge in [-0.05, 0) is 41.8 Å². The van der Waals surface area contributed by atoms with Gasteiger partial charge in [0.1, 0.15) is 0 Å². The van der Waals surface area contributed by atoms with Crippen LogP contribution in [0.25, 0.3) is 0 Å². The SMILES string of the molecule is Cc1ccnn1CCc1ccsc1. The number of aryl methyl sites for hydroxylation is 3. The van der Waals surface area contributed by atoms with Crippen molar-refractivity contribution in [2.24, 2.45) is 0 Å². The van der Waals surface area contributed by atoms with Crippen molar-refractivity contribution in [3.8, 4) is 0 Å². The molecule has 0 saturated carbocycles. The van der Waals surface area contributed by atoms with Crippen molar-refractivity contribution in [2.45, 2.75) is 19.9 Å². The Hall–Kier alpha value is -1.09. The first-order valence-electron chi connectivity index (χ1n) is 4.36. The molecule has 0 aliphatic heterocycles. The largest absolute Gasteiger partial charge is 0.270 e. The number of aromatic nitrogens is 2. The van der Waals surface area contributed by atoms with Crippen molar-refractivity contribution in [3.63, 3.8) is 0 Å². The fraction of sp³-hybridized carbons (Fsp3) is 0.300. The third-order valence-electron chi connectivity index (χ3n) is 2.12. The zero-order chi connectivity index (χ0) is 9.10. The molecule has 3 heteroatoms. The molecule has 0 radical (unpaired) electrons. The predicted octanol–water partition coefficient (Wildman–Crippen LogP) is 2.50. The lowest BCUT2D eigenvalue weighted by Gasteiger charge is -2.02. The highest BCUT2D eigenvalue weighted by Crippen LogP contribution is 2.08. The van der Waals surface area contributed by atoms with Gasteiger partial charge in [0.05, 0.1) is 0 Å². The van der Waals surface area contributed by atoms with Gasteiger partial charge in [-0.25, -0.2) is 0 Å². The maximum absolute atomic E-state index is 4.24. The van der Waals surface area contributed by atoms with E-state index in [1.807, 2.05) is 16.9 Å². The van der Waals surface area contributed by atoms with E-state index >= 15 is 0 Å². The maximum atomic E-state index is 4.24. The molecule has 0 bridgehead atoms. The molecule has 2 rings (SSSR count). The first-order chi connectivity index (χ1) is 6.36. The van der Waals surface area contributed by atoms with Crippen LogP contribution in [0.15, 0.2) is 29.1 Å². The summed E-state index contributed by atoms with van der Waals surface area (Å²) in [6.45, 7) is 3.07. The lowest BCUT2D eigenvalue weighted by molar-refractivity contribution is 0.599. The van der Waals surface area contributed by atoms with Crippen molar-refractivity contribution in [1.82, 2.24) is 9.78 Å². The van der Waals surface area contributed by atoms with Crippen molar-refractivity contribution in [2.75, 3.05) is 0 Å². The second kappa shape index (κ2) is 3.75. The van der Waals surface area contributed by atoms with Gasteiger partial charge in [0.25, 0.3) is 0 Å². The summed E-state index contributed by atoms with van der Waals surface area (Å²) in [4.78, 5) is 0. The topological polar surface area (TPSA) is 17.8 Å². The van der Waals surface area contributed by atoms with Crippen LogP contribution >= 0.6 is 11.3 Å². The normalized spacial score (nSPS) is 10.5. The molecule has 0 fully saturated rings. The highest BCUT2D eigenvalue weighted by molar-refractivity contribution is 7.07. The summed E-state index contributed by atoms with van der Waals surface area (Å²) in [5.41, 5.74) is 2.63. The Kier molecular flexibility index (Phi) is 2.45. The van der Waals surface area contributed by atoms with E-state index in [2.05, 4.69) is 28.8 Å². The molecule has 0 N–H and O–H groups in total. The zero-order valence-electron chi connectivity index (χ0n) is 7.60. The van der Waals surface area contributed by atoms with E-state index in [9.17, 15) is 0 Å². The number of nitrogens with zero attached hydrogens (tertiary/aromatic N) is 2. The highest BCUT2D eigenvalue weighted by atomic mass is 32.1. The quantitative estimate of drug-likeness (QED) is 0.730. The van der Waals surface area contributed by atoms with Crippen LogP contribution in [0.4, 0.5) is 0 Å². The maximum Gasteiger partial charge on any atom is 0.0492 e. The van der Waals surface area contributed by atoms with Crippen LogP contribution in [-0.4, -0.2) is 9.78 Å². The first kappa shape index (κ1) is 8.51. The van der Waals surface area contributed by atoms with Gasteiger partial charge in [-0.2, -0.15) is 16.4 Å². The molecule has 13 heavy (non-hydrogen) atoms. The third kappa shape index (κ3) is 1.98. The molecule has 2 heterocycles. The monoisotopic (exact) mass is 192 g/mol. The van der Waals surface area contributed by atoms with E-state index in [1.165, 1.54) is 11.3 Å². The van der Waals surface area contributed by atoms with Gasteiger partial charge in [0, 0.05) is 18.4 Å². The zero-order valence-corrected chi connectivity index (χ0v) is 8.42. The van der Waals surface area contributed by atoms with E-state index in [0.717, 1.165) is 13.0 Å².